The van der Waals surface area contributed by atoms with Crippen molar-refractivity contribution in [3.05, 3.63) is 106 Å². The van der Waals surface area contributed by atoms with Gasteiger partial charge in [0.2, 0.25) is 15.9 Å². The van der Waals surface area contributed by atoms with Crippen LogP contribution >= 0.6 is 12.2 Å². The summed E-state index contributed by atoms with van der Waals surface area (Å²) in [6.07, 6.45) is 2.62. The van der Waals surface area contributed by atoms with Gasteiger partial charge in [0.05, 0.1) is 9.82 Å². The number of nitro groups is 1. The molecular weight excluding hydrogens is 476 g/mol. The number of rotatable bonds is 8. The quantitative estimate of drug-likeness (QED) is 0.188. The van der Waals surface area contributed by atoms with Gasteiger partial charge in [-0.25, -0.2) is 13.1 Å². The lowest BCUT2D eigenvalue weighted by atomic mass is 10.2. The molecule has 34 heavy (non-hydrogen) atoms. The molecule has 3 aromatic carbocycles. The summed E-state index contributed by atoms with van der Waals surface area (Å²) in [6, 6.07) is 20.9. The van der Waals surface area contributed by atoms with E-state index in [1.165, 1.54) is 54.6 Å². The summed E-state index contributed by atoms with van der Waals surface area (Å²) in [6.45, 7) is 0.170. The van der Waals surface area contributed by atoms with Crippen molar-refractivity contribution < 1.29 is 18.1 Å². The van der Waals surface area contributed by atoms with Crippen LogP contribution in [-0.4, -0.2) is 24.4 Å². The Morgan fingerprint density at radius 2 is 1.71 bits per heavy atom. The molecule has 0 unspecified atom stereocenters. The highest BCUT2D eigenvalue weighted by atomic mass is 32.2. The van der Waals surface area contributed by atoms with Gasteiger partial charge in [-0.1, -0.05) is 42.5 Å². The number of nitrogens with one attached hydrogen (secondary N) is 3. The summed E-state index contributed by atoms with van der Waals surface area (Å²) in [5, 5.41) is 16.1. The Hall–Kier alpha value is -3.93. The van der Waals surface area contributed by atoms with Crippen molar-refractivity contribution in [1.82, 2.24) is 10.0 Å². The number of nitro benzene ring substituents is 1. The van der Waals surface area contributed by atoms with Crippen LogP contribution in [0.4, 0.5) is 11.4 Å². The molecule has 174 valence electrons. The molecule has 0 aliphatic rings. The van der Waals surface area contributed by atoms with Crippen LogP contribution in [0, 0.1) is 10.1 Å². The Morgan fingerprint density at radius 3 is 2.38 bits per heavy atom. The Balaban J connectivity index is 1.53. The number of thiocarbonyl (C=S) groups is 1. The van der Waals surface area contributed by atoms with Crippen LogP contribution in [0.2, 0.25) is 0 Å². The molecule has 3 N–H and O–H groups in total. The summed E-state index contributed by atoms with van der Waals surface area (Å²) in [4.78, 5) is 22.4. The van der Waals surface area contributed by atoms with Gasteiger partial charge < -0.3 is 5.32 Å². The van der Waals surface area contributed by atoms with Crippen LogP contribution in [-0.2, 0) is 21.4 Å². The standard InChI is InChI=1S/C23H20N4O5S2/c28-22(14-9-17-7-4-8-20(15-17)27(29)30)26-23(33)25-19-10-12-21(13-11-19)34(31,32)24-16-18-5-2-1-3-6-18/h1-15,24H,16H2,(H2,25,26,28,33)/b14-9+. The third-order valence-corrected chi connectivity index (χ3v) is 6.10. The molecule has 0 atom stereocenters. The minimum absolute atomic E-state index is 0.00602. The molecule has 0 fully saturated rings. The normalized spacial score (nSPS) is 11.2. The average Bonchev–Trinajstić information content (AvgIpc) is 2.82. The van der Waals surface area contributed by atoms with Gasteiger partial charge in [0.1, 0.15) is 0 Å². The van der Waals surface area contributed by atoms with Crippen molar-refractivity contribution in [3.8, 4) is 0 Å². The minimum Gasteiger partial charge on any atom is -0.332 e. The fourth-order valence-electron chi connectivity index (χ4n) is 2.80. The highest BCUT2D eigenvalue weighted by molar-refractivity contribution is 7.89. The van der Waals surface area contributed by atoms with Gasteiger partial charge in [-0.3, -0.25) is 20.2 Å². The zero-order valence-corrected chi connectivity index (χ0v) is 19.3. The van der Waals surface area contributed by atoms with Crippen LogP contribution in [0.3, 0.4) is 0 Å². The number of hydrogen-bond donors (Lipinski definition) is 3. The zero-order valence-electron chi connectivity index (χ0n) is 17.7. The van der Waals surface area contributed by atoms with Gasteiger partial charge >= 0.3 is 0 Å². The minimum atomic E-state index is -3.70. The van der Waals surface area contributed by atoms with Crippen molar-refractivity contribution in [3.63, 3.8) is 0 Å². The smallest absolute Gasteiger partial charge is 0.270 e. The van der Waals surface area contributed by atoms with E-state index in [9.17, 15) is 23.3 Å². The lowest BCUT2D eigenvalue weighted by Crippen LogP contribution is -2.32. The summed E-state index contributed by atoms with van der Waals surface area (Å²) < 4.78 is 27.5. The van der Waals surface area contributed by atoms with Crippen molar-refractivity contribution in [2.75, 3.05) is 5.32 Å². The van der Waals surface area contributed by atoms with E-state index in [0.717, 1.165) is 5.56 Å². The van der Waals surface area contributed by atoms with E-state index < -0.39 is 20.9 Å². The maximum atomic E-state index is 12.5. The van der Waals surface area contributed by atoms with E-state index in [-0.39, 0.29) is 22.2 Å². The molecule has 3 rings (SSSR count). The second kappa shape index (κ2) is 11.3. The maximum Gasteiger partial charge on any atom is 0.270 e. The first-order valence-corrected chi connectivity index (χ1v) is 11.8. The first-order chi connectivity index (χ1) is 16.2. The molecule has 0 aliphatic heterocycles. The Morgan fingerprint density at radius 1 is 1.00 bits per heavy atom. The highest BCUT2D eigenvalue weighted by Gasteiger charge is 2.13. The molecule has 0 aromatic heterocycles. The van der Waals surface area contributed by atoms with E-state index in [2.05, 4.69) is 15.4 Å². The Labute approximate surface area is 201 Å². The van der Waals surface area contributed by atoms with E-state index in [4.69, 9.17) is 12.2 Å². The summed E-state index contributed by atoms with van der Waals surface area (Å²) in [7, 11) is -3.70. The number of hydrogen-bond acceptors (Lipinski definition) is 6. The lowest BCUT2D eigenvalue weighted by molar-refractivity contribution is -0.384. The number of sulfonamides is 1. The highest BCUT2D eigenvalue weighted by Crippen LogP contribution is 2.15. The number of amides is 1. The summed E-state index contributed by atoms with van der Waals surface area (Å²) >= 11 is 5.10. The molecular formula is C23H20N4O5S2. The van der Waals surface area contributed by atoms with Crippen LogP contribution in [0.1, 0.15) is 11.1 Å². The molecule has 0 heterocycles. The molecule has 0 aliphatic carbocycles. The third kappa shape index (κ3) is 7.30. The van der Waals surface area contributed by atoms with Crippen LogP contribution in [0.25, 0.3) is 6.08 Å². The SMILES string of the molecule is O=C(/C=C/c1cccc([N+](=O)[O-])c1)NC(=S)Nc1ccc(S(=O)(=O)NCc2ccccc2)cc1. The Bertz CT molecular complexity index is 1320. The fourth-order valence-corrected chi connectivity index (χ4v) is 4.04. The second-order valence-corrected chi connectivity index (χ2v) is 9.14. The first kappa shape index (κ1) is 24.7. The van der Waals surface area contributed by atoms with Crippen molar-refractivity contribution >= 4 is 50.7 Å². The molecule has 0 bridgehead atoms. The number of carbonyl (C=O) groups excluding carboxylic acids is 1. The summed E-state index contributed by atoms with van der Waals surface area (Å²) in [5.41, 5.74) is 1.72. The average molecular weight is 497 g/mol. The van der Waals surface area contributed by atoms with Crippen molar-refractivity contribution in [2.24, 2.45) is 0 Å². The molecule has 0 spiro atoms. The maximum absolute atomic E-state index is 12.5. The fraction of sp³-hybridized carbons (Fsp3) is 0.0435. The predicted octanol–water partition coefficient (Wildman–Crippen LogP) is 3.60. The van der Waals surface area contributed by atoms with Gasteiger partial charge in [0.15, 0.2) is 5.11 Å². The molecule has 3 aromatic rings. The monoisotopic (exact) mass is 496 g/mol. The molecule has 0 saturated carbocycles. The van der Waals surface area contributed by atoms with Gasteiger partial charge in [-0.2, -0.15) is 0 Å². The second-order valence-electron chi connectivity index (χ2n) is 6.96. The van der Waals surface area contributed by atoms with Gasteiger partial charge in [-0.05, 0) is 53.7 Å². The number of anilines is 1. The van der Waals surface area contributed by atoms with Crippen LogP contribution in [0.15, 0.2) is 89.8 Å². The van der Waals surface area contributed by atoms with Gasteiger partial charge in [0.25, 0.3) is 5.69 Å². The topological polar surface area (TPSA) is 130 Å². The molecule has 1 amide bonds. The van der Waals surface area contributed by atoms with E-state index in [1.807, 2.05) is 30.3 Å². The molecule has 0 radical (unpaired) electrons. The van der Waals surface area contributed by atoms with Gasteiger partial charge in [-0.15, -0.1) is 0 Å². The van der Waals surface area contributed by atoms with Crippen molar-refractivity contribution in [2.45, 2.75) is 11.4 Å². The van der Waals surface area contributed by atoms with Gasteiger partial charge in [0, 0.05) is 30.4 Å². The van der Waals surface area contributed by atoms with Crippen LogP contribution in [0.5, 0.6) is 0 Å². The molecule has 11 heteroatoms. The first-order valence-electron chi connectivity index (χ1n) is 9.91. The number of non-ortho nitro benzene ring substituents is 1. The lowest BCUT2D eigenvalue weighted by Gasteiger charge is -2.10. The zero-order chi connectivity index (χ0) is 24.6. The summed E-state index contributed by atoms with van der Waals surface area (Å²) in [5.74, 6) is -0.534. The largest absolute Gasteiger partial charge is 0.332 e. The number of carbonyl (C=O) groups is 1. The van der Waals surface area contributed by atoms with E-state index in [0.29, 0.717) is 11.3 Å². The molecule has 9 nitrogen and oxygen atoms in total. The number of nitrogens with zero attached hydrogens (tertiary/aromatic N) is 1. The van der Waals surface area contributed by atoms with Crippen LogP contribution < -0.4 is 15.4 Å². The number of benzene rings is 3. The van der Waals surface area contributed by atoms with E-state index >= 15 is 0 Å². The predicted molar refractivity (Wildman–Crippen MR) is 133 cm³/mol. The molecule has 0 saturated heterocycles. The van der Waals surface area contributed by atoms with Crippen molar-refractivity contribution in [1.29, 1.82) is 0 Å². The van der Waals surface area contributed by atoms with E-state index in [1.54, 1.807) is 6.07 Å². The Kier molecular flexibility index (Phi) is 8.19. The third-order valence-electron chi connectivity index (χ3n) is 4.48.